The fourth-order valence-electron chi connectivity index (χ4n) is 1.85. The van der Waals surface area contributed by atoms with Crippen LogP contribution in [-0.4, -0.2) is 17.0 Å². The second-order valence-electron chi connectivity index (χ2n) is 5.05. The van der Waals surface area contributed by atoms with Crippen LogP contribution < -0.4 is 11.3 Å². The number of hydrazine groups is 1. The summed E-state index contributed by atoms with van der Waals surface area (Å²) in [4.78, 5) is 0. The molecule has 0 radical (unpaired) electrons. The highest BCUT2D eigenvalue weighted by atomic mass is 32.2. The molecular weight excluding hydrogens is 240 g/mol. The third-order valence-corrected chi connectivity index (χ3v) is 4.86. The topological polar surface area (TPSA) is 38.0 Å². The average Bonchev–Trinajstić information content (AvgIpc) is 2.37. The maximum atomic E-state index is 5.67. The summed E-state index contributed by atoms with van der Waals surface area (Å²) in [6, 6.07) is 6.98. The molecule has 3 heteroatoms. The molecule has 0 bridgehead atoms. The second kappa shape index (κ2) is 7.82. The van der Waals surface area contributed by atoms with Crippen LogP contribution in [0.3, 0.4) is 0 Å². The van der Waals surface area contributed by atoms with Gasteiger partial charge in [-0.3, -0.25) is 11.3 Å². The maximum absolute atomic E-state index is 5.67. The van der Waals surface area contributed by atoms with Gasteiger partial charge in [-0.1, -0.05) is 37.6 Å². The number of nitrogens with one attached hydrogen (secondary N) is 1. The van der Waals surface area contributed by atoms with Gasteiger partial charge < -0.3 is 0 Å². The molecule has 0 aliphatic carbocycles. The predicted octanol–water partition coefficient (Wildman–Crippen LogP) is 3.21. The smallest absolute Gasteiger partial charge is 0.0341 e. The van der Waals surface area contributed by atoms with Gasteiger partial charge in [0.1, 0.15) is 0 Å². The van der Waals surface area contributed by atoms with E-state index >= 15 is 0 Å². The van der Waals surface area contributed by atoms with E-state index < -0.39 is 0 Å². The van der Waals surface area contributed by atoms with Crippen molar-refractivity contribution in [3.63, 3.8) is 0 Å². The van der Waals surface area contributed by atoms with Gasteiger partial charge >= 0.3 is 0 Å². The summed E-state index contributed by atoms with van der Waals surface area (Å²) in [7, 11) is 0. The monoisotopic (exact) mass is 266 g/mol. The van der Waals surface area contributed by atoms with Crippen molar-refractivity contribution in [3.05, 3.63) is 34.9 Å². The lowest BCUT2D eigenvalue weighted by molar-refractivity contribution is 0.573. The van der Waals surface area contributed by atoms with Crippen LogP contribution in [0.4, 0.5) is 0 Å². The van der Waals surface area contributed by atoms with Crippen LogP contribution in [0.2, 0.25) is 0 Å². The van der Waals surface area contributed by atoms with E-state index in [1.54, 1.807) is 0 Å². The van der Waals surface area contributed by atoms with Crippen LogP contribution in [0, 0.1) is 13.8 Å². The van der Waals surface area contributed by atoms with Crippen molar-refractivity contribution in [2.75, 3.05) is 5.75 Å². The van der Waals surface area contributed by atoms with E-state index in [0.29, 0.717) is 11.3 Å². The summed E-state index contributed by atoms with van der Waals surface area (Å²) < 4.78 is 0. The summed E-state index contributed by atoms with van der Waals surface area (Å²) in [5, 5.41) is 0.708. The van der Waals surface area contributed by atoms with Gasteiger partial charge in [0.15, 0.2) is 0 Å². The predicted molar refractivity (Wildman–Crippen MR) is 82.9 cm³/mol. The minimum atomic E-state index is 0.351. The molecule has 1 rings (SSSR count). The van der Waals surface area contributed by atoms with Crippen LogP contribution in [0.15, 0.2) is 18.2 Å². The number of thioether (sulfide) groups is 1. The summed E-state index contributed by atoms with van der Waals surface area (Å²) in [5.41, 5.74) is 7.04. The van der Waals surface area contributed by atoms with E-state index in [4.69, 9.17) is 5.84 Å². The first-order valence-electron chi connectivity index (χ1n) is 6.70. The molecular formula is C15H26N2S. The molecule has 0 heterocycles. The van der Waals surface area contributed by atoms with Crippen LogP contribution in [-0.2, 0) is 6.42 Å². The highest BCUT2D eigenvalue weighted by Crippen LogP contribution is 2.18. The first-order chi connectivity index (χ1) is 8.56. The van der Waals surface area contributed by atoms with E-state index in [0.717, 1.165) is 12.2 Å². The Bertz CT molecular complexity index is 366. The molecule has 0 saturated carbocycles. The molecule has 0 fully saturated rings. The highest BCUT2D eigenvalue weighted by molar-refractivity contribution is 7.99. The van der Waals surface area contributed by atoms with Gasteiger partial charge in [0, 0.05) is 17.0 Å². The Kier molecular flexibility index (Phi) is 6.76. The largest absolute Gasteiger partial charge is 0.271 e. The number of benzene rings is 1. The van der Waals surface area contributed by atoms with Crippen molar-refractivity contribution in [2.24, 2.45) is 5.84 Å². The summed E-state index contributed by atoms with van der Waals surface area (Å²) >= 11 is 2.00. The normalized spacial score (nSPS) is 14.5. The zero-order valence-corrected chi connectivity index (χ0v) is 12.8. The number of hydrogen-bond acceptors (Lipinski definition) is 3. The van der Waals surface area contributed by atoms with Gasteiger partial charge in [0.05, 0.1) is 0 Å². The molecule has 1 aromatic carbocycles. The quantitative estimate of drug-likeness (QED) is 0.588. The summed E-state index contributed by atoms with van der Waals surface area (Å²) in [6.07, 6.45) is 2.22. The van der Waals surface area contributed by atoms with Crippen molar-refractivity contribution < 1.29 is 0 Å². The molecule has 0 aliphatic rings. The Hall–Kier alpha value is -0.510. The lowest BCUT2D eigenvalue weighted by atomic mass is 10.00. The number of aryl methyl sites for hydroxylation is 2. The minimum absolute atomic E-state index is 0.351. The van der Waals surface area contributed by atoms with Crippen LogP contribution in [0.25, 0.3) is 0 Å². The van der Waals surface area contributed by atoms with Gasteiger partial charge in [-0.05, 0) is 37.8 Å². The van der Waals surface area contributed by atoms with Gasteiger partial charge in [-0.25, -0.2) is 0 Å². The Labute approximate surface area is 116 Å². The molecule has 18 heavy (non-hydrogen) atoms. The molecule has 2 nitrogen and oxygen atoms in total. The van der Waals surface area contributed by atoms with Crippen molar-refractivity contribution in [2.45, 2.75) is 51.8 Å². The van der Waals surface area contributed by atoms with Crippen molar-refractivity contribution in [1.29, 1.82) is 0 Å². The minimum Gasteiger partial charge on any atom is -0.271 e. The van der Waals surface area contributed by atoms with Gasteiger partial charge in [0.2, 0.25) is 0 Å². The van der Waals surface area contributed by atoms with E-state index in [2.05, 4.69) is 51.3 Å². The molecule has 2 atom stereocenters. The van der Waals surface area contributed by atoms with Gasteiger partial charge in [-0.15, -0.1) is 0 Å². The first-order valence-corrected chi connectivity index (χ1v) is 7.75. The number of hydrogen-bond donors (Lipinski definition) is 2. The third-order valence-electron chi connectivity index (χ3n) is 3.36. The molecule has 102 valence electrons. The Balaban J connectivity index is 2.59. The van der Waals surface area contributed by atoms with Crippen LogP contribution >= 0.6 is 11.8 Å². The fraction of sp³-hybridized carbons (Fsp3) is 0.600. The molecule has 3 N–H and O–H groups in total. The van der Waals surface area contributed by atoms with Crippen molar-refractivity contribution in [3.8, 4) is 0 Å². The average molecular weight is 266 g/mol. The van der Waals surface area contributed by atoms with E-state index in [9.17, 15) is 0 Å². The lowest BCUT2D eigenvalue weighted by Gasteiger charge is -2.19. The van der Waals surface area contributed by atoms with E-state index in [1.807, 2.05) is 11.8 Å². The molecule has 0 spiro atoms. The van der Waals surface area contributed by atoms with Crippen molar-refractivity contribution >= 4 is 11.8 Å². The molecule has 0 aromatic heterocycles. The van der Waals surface area contributed by atoms with Crippen LogP contribution in [0.1, 0.15) is 37.0 Å². The first kappa shape index (κ1) is 15.5. The fourth-order valence-corrected chi connectivity index (χ4v) is 2.86. The van der Waals surface area contributed by atoms with E-state index in [-0.39, 0.29) is 0 Å². The molecule has 0 saturated heterocycles. The summed E-state index contributed by atoms with van der Waals surface area (Å²) in [6.45, 7) is 8.81. The zero-order chi connectivity index (χ0) is 13.5. The third kappa shape index (κ3) is 5.01. The number of nitrogens with two attached hydrogens (primary N) is 1. The molecule has 1 aromatic rings. The standard InChI is InChI=1S/C15H26N2S/c1-5-13(4)18-10-15(17-16)9-14-8-11(2)6-7-12(14)3/h6-8,13,15,17H,5,9-10,16H2,1-4H3. The van der Waals surface area contributed by atoms with Gasteiger partial charge in [-0.2, -0.15) is 11.8 Å². The Morgan fingerprint density at radius 2 is 2.06 bits per heavy atom. The summed E-state index contributed by atoms with van der Waals surface area (Å²) in [5.74, 6) is 6.74. The lowest BCUT2D eigenvalue weighted by Crippen LogP contribution is -2.39. The van der Waals surface area contributed by atoms with Crippen molar-refractivity contribution in [1.82, 2.24) is 5.43 Å². The molecule has 0 aliphatic heterocycles. The molecule has 0 amide bonds. The number of rotatable bonds is 7. The Morgan fingerprint density at radius 3 is 2.67 bits per heavy atom. The van der Waals surface area contributed by atoms with Crippen LogP contribution in [0.5, 0.6) is 0 Å². The zero-order valence-electron chi connectivity index (χ0n) is 12.0. The molecule has 2 unspecified atom stereocenters. The highest BCUT2D eigenvalue weighted by Gasteiger charge is 2.11. The SMILES string of the molecule is CCC(C)SCC(Cc1cc(C)ccc1C)NN. The Morgan fingerprint density at radius 1 is 1.33 bits per heavy atom. The van der Waals surface area contributed by atoms with Gasteiger partial charge in [0.25, 0.3) is 0 Å². The second-order valence-corrected chi connectivity index (χ2v) is 6.52. The maximum Gasteiger partial charge on any atom is 0.0341 e. The van der Waals surface area contributed by atoms with E-state index in [1.165, 1.54) is 23.1 Å².